The molecule has 2 bridgehead atoms. The number of halogens is 1. The van der Waals surface area contributed by atoms with Gasteiger partial charge in [-0.3, -0.25) is 0 Å². The van der Waals surface area contributed by atoms with Crippen molar-refractivity contribution >= 4 is 5.82 Å². The number of hydrogen-bond acceptors (Lipinski definition) is 8. The van der Waals surface area contributed by atoms with Gasteiger partial charge in [0.15, 0.2) is 11.6 Å². The van der Waals surface area contributed by atoms with E-state index in [2.05, 4.69) is 24.8 Å². The highest BCUT2D eigenvalue weighted by Crippen LogP contribution is 2.45. The van der Waals surface area contributed by atoms with Crippen molar-refractivity contribution in [3.8, 4) is 17.4 Å². The summed E-state index contributed by atoms with van der Waals surface area (Å²) in [6.07, 6.45) is 7.88. The van der Waals surface area contributed by atoms with Crippen LogP contribution in [0.5, 0.6) is 5.75 Å². The van der Waals surface area contributed by atoms with E-state index in [1.165, 1.54) is 6.07 Å². The first-order chi connectivity index (χ1) is 14.7. The quantitative estimate of drug-likeness (QED) is 0.455. The monoisotopic (exact) mass is 408 g/mol. The number of ether oxygens (including phenoxy) is 2. The number of fused-ring (bicyclic) bond motifs is 4. The van der Waals surface area contributed by atoms with E-state index in [4.69, 9.17) is 14.5 Å². The lowest BCUT2D eigenvalue weighted by Crippen LogP contribution is -2.38. The van der Waals surface area contributed by atoms with Gasteiger partial charge in [0.05, 0.1) is 18.3 Å². The lowest BCUT2D eigenvalue weighted by Gasteiger charge is -2.36. The van der Waals surface area contributed by atoms with Gasteiger partial charge in [-0.05, 0) is 18.9 Å². The molecule has 154 valence electrons. The van der Waals surface area contributed by atoms with Crippen LogP contribution in [-0.2, 0) is 11.2 Å². The van der Waals surface area contributed by atoms with Gasteiger partial charge >= 0.3 is 0 Å². The van der Waals surface area contributed by atoms with Crippen molar-refractivity contribution in [2.45, 2.75) is 31.3 Å². The molecule has 0 spiro atoms. The van der Waals surface area contributed by atoms with E-state index in [0.29, 0.717) is 36.4 Å². The summed E-state index contributed by atoms with van der Waals surface area (Å²) in [5.74, 6) is 1.51. The molecule has 3 aromatic rings. The third-order valence-corrected chi connectivity index (χ3v) is 5.53. The van der Waals surface area contributed by atoms with Gasteiger partial charge in [0.1, 0.15) is 18.2 Å². The maximum absolute atomic E-state index is 14.2. The lowest BCUT2D eigenvalue weighted by molar-refractivity contribution is 0.146. The molecular formula is C21H21FN6O2. The fourth-order valence-corrected chi connectivity index (χ4v) is 4.27. The number of rotatable bonds is 6. The van der Waals surface area contributed by atoms with Gasteiger partial charge in [-0.15, -0.1) is 0 Å². The Morgan fingerprint density at radius 1 is 1.07 bits per heavy atom. The summed E-state index contributed by atoms with van der Waals surface area (Å²) in [4.78, 5) is 24.1. The van der Waals surface area contributed by atoms with Crippen LogP contribution in [0.15, 0.2) is 36.8 Å². The zero-order valence-electron chi connectivity index (χ0n) is 16.5. The summed E-state index contributed by atoms with van der Waals surface area (Å²) in [5.41, 5.74) is 2.06. The number of aromatic nitrogens is 5. The number of methoxy groups -OCH3 is 1. The molecule has 5 heterocycles. The first-order valence-corrected chi connectivity index (χ1v) is 9.94. The molecule has 2 aliphatic rings. The van der Waals surface area contributed by atoms with Crippen LogP contribution in [0.2, 0.25) is 0 Å². The van der Waals surface area contributed by atoms with Gasteiger partial charge in [-0.25, -0.2) is 24.9 Å². The summed E-state index contributed by atoms with van der Waals surface area (Å²) in [7, 11) is 1.60. The summed E-state index contributed by atoms with van der Waals surface area (Å²) in [6, 6.07) is 5.11. The van der Waals surface area contributed by atoms with Crippen molar-refractivity contribution in [2.75, 3.05) is 25.2 Å². The molecular weight excluding hydrogens is 387 g/mol. The molecule has 5 rings (SSSR count). The van der Waals surface area contributed by atoms with Crippen LogP contribution in [0.3, 0.4) is 0 Å². The predicted molar refractivity (Wildman–Crippen MR) is 107 cm³/mol. The van der Waals surface area contributed by atoms with Crippen LogP contribution in [0.4, 0.5) is 10.2 Å². The average molecular weight is 408 g/mol. The number of hydrogen-bond donors (Lipinski definition) is 0. The van der Waals surface area contributed by atoms with Crippen molar-refractivity contribution < 1.29 is 13.9 Å². The zero-order chi connectivity index (χ0) is 20.5. The number of pyridine rings is 1. The Hall–Kier alpha value is -3.20. The van der Waals surface area contributed by atoms with Crippen LogP contribution in [-0.4, -0.2) is 51.3 Å². The van der Waals surface area contributed by atoms with Crippen molar-refractivity contribution in [2.24, 2.45) is 0 Å². The molecule has 0 amide bonds. The standard InChI is InChI=1S/C21H21FN6O2/c1-29-7-8-30-14-10-18(22)27-19(11-14)28-13-3-4-17(28)15-12-25-21(26-16(15)9-13)20-23-5-2-6-24-20/h2,5-6,10-13,17H,3-4,7-9H2,1H3/t13-,17+/m0/s1. The summed E-state index contributed by atoms with van der Waals surface area (Å²) in [5, 5.41) is 0. The molecule has 2 aliphatic heterocycles. The zero-order valence-corrected chi connectivity index (χ0v) is 16.5. The third-order valence-electron chi connectivity index (χ3n) is 5.53. The predicted octanol–water partition coefficient (Wildman–Crippen LogP) is 2.76. The Bertz CT molecular complexity index is 1050. The van der Waals surface area contributed by atoms with E-state index < -0.39 is 5.95 Å². The van der Waals surface area contributed by atoms with Crippen molar-refractivity contribution in [1.82, 2.24) is 24.9 Å². The summed E-state index contributed by atoms with van der Waals surface area (Å²) < 4.78 is 24.8. The Labute approximate surface area is 173 Å². The normalized spacial score (nSPS) is 19.6. The first-order valence-electron chi connectivity index (χ1n) is 9.94. The van der Waals surface area contributed by atoms with Gasteiger partial charge in [0, 0.05) is 55.9 Å². The molecule has 0 aromatic carbocycles. The molecule has 0 N–H and O–H groups in total. The fraction of sp³-hybridized carbons (Fsp3) is 0.381. The van der Waals surface area contributed by atoms with Gasteiger partial charge < -0.3 is 14.4 Å². The second-order valence-corrected chi connectivity index (χ2v) is 7.35. The van der Waals surface area contributed by atoms with Crippen molar-refractivity contribution in [3.63, 3.8) is 0 Å². The highest BCUT2D eigenvalue weighted by atomic mass is 19.1. The van der Waals surface area contributed by atoms with E-state index in [9.17, 15) is 4.39 Å². The molecule has 0 saturated carbocycles. The van der Waals surface area contributed by atoms with Crippen LogP contribution in [0.25, 0.3) is 11.6 Å². The molecule has 8 nitrogen and oxygen atoms in total. The fourth-order valence-electron chi connectivity index (χ4n) is 4.27. The van der Waals surface area contributed by atoms with Crippen LogP contribution < -0.4 is 9.64 Å². The van der Waals surface area contributed by atoms with E-state index in [1.807, 2.05) is 6.20 Å². The molecule has 2 atom stereocenters. The van der Waals surface area contributed by atoms with Crippen LogP contribution in [0, 0.1) is 5.95 Å². The Kier molecular flexibility index (Phi) is 4.96. The Balaban J connectivity index is 1.45. The van der Waals surface area contributed by atoms with Gasteiger partial charge in [-0.1, -0.05) is 0 Å². The smallest absolute Gasteiger partial charge is 0.218 e. The molecule has 1 saturated heterocycles. The van der Waals surface area contributed by atoms with Crippen molar-refractivity contribution in [3.05, 3.63) is 54.0 Å². The molecule has 9 heteroatoms. The SMILES string of the molecule is COCCOc1cc(F)nc(N2[C@H]3CC[C@@H]2c2cnc(-c4ncccn4)nc2C3)c1. The maximum atomic E-state index is 14.2. The largest absolute Gasteiger partial charge is 0.491 e. The average Bonchev–Trinajstić information content (AvgIpc) is 3.08. The minimum atomic E-state index is -0.557. The Morgan fingerprint density at radius 3 is 2.77 bits per heavy atom. The summed E-state index contributed by atoms with van der Waals surface area (Å²) in [6.45, 7) is 0.791. The van der Waals surface area contributed by atoms with Gasteiger partial charge in [0.2, 0.25) is 5.95 Å². The topological polar surface area (TPSA) is 86.2 Å². The van der Waals surface area contributed by atoms with E-state index in [1.54, 1.807) is 31.6 Å². The molecule has 0 radical (unpaired) electrons. The minimum absolute atomic E-state index is 0.0608. The number of anilines is 1. The lowest BCUT2D eigenvalue weighted by atomic mass is 9.99. The molecule has 30 heavy (non-hydrogen) atoms. The van der Waals surface area contributed by atoms with Gasteiger partial charge in [-0.2, -0.15) is 4.39 Å². The summed E-state index contributed by atoms with van der Waals surface area (Å²) >= 11 is 0. The Morgan fingerprint density at radius 2 is 1.93 bits per heavy atom. The third kappa shape index (κ3) is 3.45. The van der Waals surface area contributed by atoms with Crippen LogP contribution >= 0.6 is 0 Å². The van der Waals surface area contributed by atoms with Gasteiger partial charge in [0.25, 0.3) is 0 Å². The van der Waals surface area contributed by atoms with Crippen molar-refractivity contribution in [1.29, 1.82) is 0 Å². The van der Waals surface area contributed by atoms with Crippen LogP contribution in [0.1, 0.15) is 30.1 Å². The maximum Gasteiger partial charge on any atom is 0.218 e. The second kappa shape index (κ2) is 7.91. The number of nitrogens with zero attached hydrogens (tertiary/aromatic N) is 6. The van der Waals surface area contributed by atoms with E-state index >= 15 is 0 Å². The molecule has 1 fully saturated rings. The second-order valence-electron chi connectivity index (χ2n) is 7.35. The van der Waals surface area contributed by atoms with E-state index in [-0.39, 0.29) is 12.1 Å². The highest BCUT2D eigenvalue weighted by Gasteiger charge is 2.42. The van der Waals surface area contributed by atoms with E-state index in [0.717, 1.165) is 30.5 Å². The minimum Gasteiger partial charge on any atom is -0.491 e. The molecule has 0 aliphatic carbocycles. The first kappa shape index (κ1) is 18.8. The highest BCUT2D eigenvalue weighted by molar-refractivity contribution is 5.53. The molecule has 0 unspecified atom stereocenters. The molecule has 3 aromatic heterocycles.